The molecular weight excluding hydrogens is 363 g/mol. The van der Waals surface area contributed by atoms with E-state index in [0.717, 1.165) is 21.3 Å². The molecule has 27 heavy (non-hydrogen) atoms. The summed E-state index contributed by atoms with van der Waals surface area (Å²) in [6, 6.07) is 15.3. The molecule has 0 fully saturated rings. The van der Waals surface area contributed by atoms with Gasteiger partial charge in [0.2, 0.25) is 5.88 Å². The lowest BCUT2D eigenvalue weighted by molar-refractivity contribution is -0.117. The van der Waals surface area contributed by atoms with E-state index in [1.807, 2.05) is 35.7 Å². The Labute approximate surface area is 159 Å². The number of carbonyl (C=O) groups excluding carboxylic acids is 1. The van der Waals surface area contributed by atoms with Gasteiger partial charge >= 0.3 is 0 Å². The number of benzene rings is 2. The quantitative estimate of drug-likeness (QED) is 0.475. The Kier molecular flexibility index (Phi) is 4.89. The van der Waals surface area contributed by atoms with E-state index >= 15 is 0 Å². The molecule has 2 heterocycles. The van der Waals surface area contributed by atoms with Crippen LogP contribution in [0, 0.1) is 5.82 Å². The molecule has 0 aliphatic rings. The van der Waals surface area contributed by atoms with E-state index in [1.54, 1.807) is 12.1 Å². The van der Waals surface area contributed by atoms with Gasteiger partial charge in [0.05, 0.1) is 5.52 Å². The van der Waals surface area contributed by atoms with Crippen LogP contribution in [0.2, 0.25) is 0 Å². The highest BCUT2D eigenvalue weighted by atomic mass is 32.1. The van der Waals surface area contributed by atoms with Crippen LogP contribution in [0.5, 0.6) is 11.6 Å². The SMILES string of the molecule is O=C(Cc1ccc(F)cc1)Cc1ccc(Oc2ncnc3ccsc23)cc1. The average Bonchev–Trinajstić information content (AvgIpc) is 3.15. The number of halogens is 1. The summed E-state index contributed by atoms with van der Waals surface area (Å²) in [5, 5.41) is 1.95. The predicted molar refractivity (Wildman–Crippen MR) is 103 cm³/mol. The van der Waals surface area contributed by atoms with E-state index in [9.17, 15) is 9.18 Å². The molecule has 0 saturated carbocycles. The molecule has 0 atom stereocenters. The highest BCUT2D eigenvalue weighted by Crippen LogP contribution is 2.30. The van der Waals surface area contributed by atoms with Crippen molar-refractivity contribution in [1.29, 1.82) is 0 Å². The van der Waals surface area contributed by atoms with Crippen molar-refractivity contribution in [2.24, 2.45) is 0 Å². The Morgan fingerprint density at radius 1 is 0.926 bits per heavy atom. The normalized spacial score (nSPS) is 10.9. The van der Waals surface area contributed by atoms with Gasteiger partial charge in [0.1, 0.15) is 28.4 Å². The monoisotopic (exact) mass is 378 g/mol. The standard InChI is InChI=1S/C21H15FN2O2S/c22-16-5-1-14(2-6-16)11-17(25)12-15-3-7-18(8-4-15)26-21-20-19(9-10-27-20)23-13-24-21/h1-10,13H,11-12H2. The van der Waals surface area contributed by atoms with Gasteiger partial charge in [0.25, 0.3) is 0 Å². The first-order valence-electron chi connectivity index (χ1n) is 8.38. The Balaban J connectivity index is 1.40. The van der Waals surface area contributed by atoms with Crippen molar-refractivity contribution in [3.05, 3.63) is 83.2 Å². The molecule has 0 unspecified atom stereocenters. The molecule has 0 aliphatic heterocycles. The van der Waals surface area contributed by atoms with E-state index in [-0.39, 0.29) is 18.0 Å². The highest BCUT2D eigenvalue weighted by Gasteiger charge is 2.09. The minimum Gasteiger partial charge on any atom is -0.437 e. The number of hydrogen-bond donors (Lipinski definition) is 0. The first kappa shape index (κ1) is 17.3. The molecule has 6 heteroatoms. The molecule has 0 saturated heterocycles. The van der Waals surface area contributed by atoms with E-state index < -0.39 is 0 Å². The molecule has 0 bridgehead atoms. The lowest BCUT2D eigenvalue weighted by atomic mass is 10.0. The van der Waals surface area contributed by atoms with Gasteiger partial charge in [-0.15, -0.1) is 11.3 Å². The van der Waals surface area contributed by atoms with Gasteiger partial charge in [0, 0.05) is 12.8 Å². The zero-order valence-electron chi connectivity index (χ0n) is 14.3. The number of rotatable bonds is 6. The fourth-order valence-electron chi connectivity index (χ4n) is 2.75. The molecule has 0 spiro atoms. The molecule has 0 aliphatic carbocycles. The van der Waals surface area contributed by atoms with Crippen LogP contribution in [0.25, 0.3) is 10.2 Å². The zero-order valence-corrected chi connectivity index (χ0v) is 15.1. The van der Waals surface area contributed by atoms with Crippen LogP contribution in [-0.2, 0) is 17.6 Å². The summed E-state index contributed by atoms with van der Waals surface area (Å²) in [5.74, 6) is 0.949. The Morgan fingerprint density at radius 2 is 1.59 bits per heavy atom. The van der Waals surface area contributed by atoms with E-state index in [4.69, 9.17) is 4.74 Å². The van der Waals surface area contributed by atoms with Crippen LogP contribution in [0.1, 0.15) is 11.1 Å². The second kappa shape index (κ2) is 7.63. The van der Waals surface area contributed by atoms with Gasteiger partial charge < -0.3 is 4.74 Å². The van der Waals surface area contributed by atoms with Crippen molar-refractivity contribution in [2.75, 3.05) is 0 Å². The second-order valence-corrected chi connectivity index (χ2v) is 6.99. The van der Waals surface area contributed by atoms with Crippen molar-refractivity contribution >= 4 is 27.3 Å². The fourth-order valence-corrected chi connectivity index (χ4v) is 3.52. The lowest BCUT2D eigenvalue weighted by Crippen LogP contribution is -2.06. The molecular formula is C21H15FN2O2S. The van der Waals surface area contributed by atoms with Gasteiger partial charge in [-0.05, 0) is 46.8 Å². The number of ether oxygens (including phenoxy) is 1. The zero-order chi connectivity index (χ0) is 18.6. The maximum atomic E-state index is 12.9. The topological polar surface area (TPSA) is 52.1 Å². The number of thiophene rings is 1. The Bertz CT molecular complexity index is 1080. The maximum absolute atomic E-state index is 12.9. The molecule has 0 radical (unpaired) electrons. The smallest absolute Gasteiger partial charge is 0.240 e. The second-order valence-electron chi connectivity index (χ2n) is 6.08. The number of Topliss-reactive ketones (excluding diaryl/α,β-unsaturated/α-hetero) is 1. The van der Waals surface area contributed by atoms with Crippen LogP contribution in [0.15, 0.2) is 66.3 Å². The first-order chi connectivity index (χ1) is 13.2. The summed E-state index contributed by atoms with van der Waals surface area (Å²) in [4.78, 5) is 20.6. The van der Waals surface area contributed by atoms with Crippen molar-refractivity contribution in [2.45, 2.75) is 12.8 Å². The molecule has 4 nitrogen and oxygen atoms in total. The van der Waals surface area contributed by atoms with Crippen LogP contribution in [-0.4, -0.2) is 15.8 Å². The summed E-state index contributed by atoms with van der Waals surface area (Å²) >= 11 is 1.53. The summed E-state index contributed by atoms with van der Waals surface area (Å²) in [6.07, 6.45) is 2.09. The largest absolute Gasteiger partial charge is 0.437 e. The van der Waals surface area contributed by atoms with Gasteiger partial charge in [-0.3, -0.25) is 4.79 Å². The minimum absolute atomic E-state index is 0.0753. The molecule has 2 aromatic carbocycles. The maximum Gasteiger partial charge on any atom is 0.240 e. The number of ketones is 1. The van der Waals surface area contributed by atoms with Crippen LogP contribution in [0.3, 0.4) is 0 Å². The minimum atomic E-state index is -0.301. The van der Waals surface area contributed by atoms with E-state index in [2.05, 4.69) is 9.97 Å². The number of carbonyl (C=O) groups is 1. The number of fused-ring (bicyclic) bond motifs is 1. The summed E-state index contributed by atoms with van der Waals surface area (Å²) in [6.45, 7) is 0. The van der Waals surface area contributed by atoms with Gasteiger partial charge in [-0.2, -0.15) is 0 Å². The van der Waals surface area contributed by atoms with Gasteiger partial charge in [-0.1, -0.05) is 24.3 Å². The Hall–Kier alpha value is -3.12. The van der Waals surface area contributed by atoms with Crippen molar-refractivity contribution < 1.29 is 13.9 Å². The number of hydrogen-bond acceptors (Lipinski definition) is 5. The highest BCUT2D eigenvalue weighted by molar-refractivity contribution is 7.17. The molecule has 2 aromatic heterocycles. The third kappa shape index (κ3) is 4.17. The van der Waals surface area contributed by atoms with Crippen LogP contribution < -0.4 is 4.74 Å². The lowest BCUT2D eigenvalue weighted by Gasteiger charge is -2.07. The summed E-state index contributed by atoms with van der Waals surface area (Å²) in [5.41, 5.74) is 2.57. The average molecular weight is 378 g/mol. The van der Waals surface area contributed by atoms with Crippen molar-refractivity contribution in [1.82, 2.24) is 9.97 Å². The molecule has 0 N–H and O–H groups in total. The fraction of sp³-hybridized carbons (Fsp3) is 0.0952. The molecule has 4 rings (SSSR count). The summed E-state index contributed by atoms with van der Waals surface area (Å²) < 4.78 is 19.7. The van der Waals surface area contributed by atoms with Gasteiger partial charge in [-0.25, -0.2) is 14.4 Å². The number of nitrogens with zero attached hydrogens (tertiary/aromatic N) is 2. The van der Waals surface area contributed by atoms with E-state index in [0.29, 0.717) is 18.1 Å². The predicted octanol–water partition coefficient (Wildman–Crippen LogP) is 4.98. The molecule has 134 valence electrons. The van der Waals surface area contributed by atoms with Crippen molar-refractivity contribution in [3.63, 3.8) is 0 Å². The summed E-state index contributed by atoms with van der Waals surface area (Å²) in [7, 11) is 0. The first-order valence-corrected chi connectivity index (χ1v) is 9.26. The van der Waals surface area contributed by atoms with Crippen LogP contribution >= 0.6 is 11.3 Å². The van der Waals surface area contributed by atoms with Crippen LogP contribution in [0.4, 0.5) is 4.39 Å². The number of aromatic nitrogens is 2. The van der Waals surface area contributed by atoms with Gasteiger partial charge in [0.15, 0.2) is 0 Å². The Morgan fingerprint density at radius 3 is 2.30 bits per heavy atom. The molecule has 0 amide bonds. The van der Waals surface area contributed by atoms with E-state index in [1.165, 1.54) is 29.8 Å². The third-order valence-corrected chi connectivity index (χ3v) is 4.96. The third-order valence-electron chi connectivity index (χ3n) is 4.06. The molecule has 4 aromatic rings. The van der Waals surface area contributed by atoms with Crippen molar-refractivity contribution in [3.8, 4) is 11.6 Å².